The highest BCUT2D eigenvalue weighted by Gasteiger charge is 2.24. The standard InChI is InChI=1S/C18H25N5O2/c1-13-9-14(2)23(21-13)12-18(24)22-7-8-25-16(11-22)4-3-15-5-6-20-17(19)10-15/h5-6,9-10,16H,3-4,7-8,11-12H2,1-2H3,(H2,19,20)/t16-/m0/s1. The lowest BCUT2D eigenvalue weighted by Gasteiger charge is -2.33. The molecule has 0 aliphatic carbocycles. The molecular weight excluding hydrogens is 318 g/mol. The maximum absolute atomic E-state index is 12.6. The summed E-state index contributed by atoms with van der Waals surface area (Å²) >= 11 is 0. The Labute approximate surface area is 147 Å². The van der Waals surface area contributed by atoms with Crippen molar-refractivity contribution in [1.29, 1.82) is 0 Å². The van der Waals surface area contributed by atoms with Crippen molar-refractivity contribution in [1.82, 2.24) is 19.7 Å². The number of hydrogen-bond acceptors (Lipinski definition) is 5. The molecule has 2 aromatic heterocycles. The number of ether oxygens (including phenoxy) is 1. The summed E-state index contributed by atoms with van der Waals surface area (Å²) in [4.78, 5) is 18.5. The molecule has 1 aliphatic heterocycles. The van der Waals surface area contributed by atoms with Crippen LogP contribution in [0.15, 0.2) is 24.4 Å². The van der Waals surface area contributed by atoms with Crippen molar-refractivity contribution < 1.29 is 9.53 Å². The Morgan fingerprint density at radius 1 is 1.40 bits per heavy atom. The minimum Gasteiger partial charge on any atom is -0.384 e. The van der Waals surface area contributed by atoms with Gasteiger partial charge in [-0.3, -0.25) is 9.48 Å². The second-order valence-corrected chi connectivity index (χ2v) is 6.54. The van der Waals surface area contributed by atoms with Gasteiger partial charge in [0.2, 0.25) is 5.91 Å². The fourth-order valence-electron chi connectivity index (χ4n) is 3.16. The fraction of sp³-hybridized carbons (Fsp3) is 0.500. The molecule has 3 rings (SSSR count). The molecule has 7 heteroatoms. The largest absolute Gasteiger partial charge is 0.384 e. The number of anilines is 1. The van der Waals surface area contributed by atoms with Crippen LogP contribution in [0.5, 0.6) is 0 Å². The highest BCUT2D eigenvalue weighted by Crippen LogP contribution is 2.14. The quantitative estimate of drug-likeness (QED) is 0.885. The summed E-state index contributed by atoms with van der Waals surface area (Å²) in [5, 5.41) is 4.37. The minimum atomic E-state index is 0.0487. The van der Waals surface area contributed by atoms with Crippen LogP contribution in [-0.2, 0) is 22.5 Å². The Kier molecular flexibility index (Phi) is 5.33. The number of hydrogen-bond donors (Lipinski definition) is 1. The second-order valence-electron chi connectivity index (χ2n) is 6.54. The number of nitrogen functional groups attached to an aromatic ring is 1. The van der Waals surface area contributed by atoms with Crippen LogP contribution in [0, 0.1) is 13.8 Å². The number of pyridine rings is 1. The summed E-state index contributed by atoms with van der Waals surface area (Å²) in [6, 6.07) is 5.83. The molecule has 7 nitrogen and oxygen atoms in total. The summed E-state index contributed by atoms with van der Waals surface area (Å²) in [6.45, 7) is 6.02. The zero-order chi connectivity index (χ0) is 17.8. The molecule has 0 saturated carbocycles. The molecule has 0 aromatic carbocycles. The number of rotatable bonds is 5. The summed E-state index contributed by atoms with van der Waals surface area (Å²) in [6.07, 6.45) is 3.48. The van der Waals surface area contributed by atoms with Gasteiger partial charge in [0.1, 0.15) is 12.4 Å². The fourth-order valence-corrected chi connectivity index (χ4v) is 3.16. The Bertz CT molecular complexity index is 743. The predicted octanol–water partition coefficient (Wildman–Crippen LogP) is 1.34. The zero-order valence-electron chi connectivity index (χ0n) is 14.8. The van der Waals surface area contributed by atoms with E-state index < -0.39 is 0 Å². The van der Waals surface area contributed by atoms with Crippen LogP contribution in [0.2, 0.25) is 0 Å². The average molecular weight is 343 g/mol. The van der Waals surface area contributed by atoms with Crippen LogP contribution in [0.3, 0.4) is 0 Å². The van der Waals surface area contributed by atoms with Gasteiger partial charge in [-0.1, -0.05) is 0 Å². The van der Waals surface area contributed by atoms with Gasteiger partial charge in [-0.25, -0.2) is 4.98 Å². The molecule has 2 aromatic rings. The van der Waals surface area contributed by atoms with E-state index in [0.717, 1.165) is 29.8 Å². The van der Waals surface area contributed by atoms with Gasteiger partial charge >= 0.3 is 0 Å². The Balaban J connectivity index is 1.53. The van der Waals surface area contributed by atoms with Gasteiger partial charge < -0.3 is 15.4 Å². The van der Waals surface area contributed by atoms with E-state index in [9.17, 15) is 4.79 Å². The third-order valence-corrected chi connectivity index (χ3v) is 4.48. The number of nitrogens with two attached hydrogens (primary N) is 1. The zero-order valence-corrected chi connectivity index (χ0v) is 14.8. The molecular formula is C18H25N5O2. The van der Waals surface area contributed by atoms with Gasteiger partial charge in [-0.2, -0.15) is 5.10 Å². The van der Waals surface area contributed by atoms with Crippen molar-refractivity contribution in [2.24, 2.45) is 0 Å². The number of carbonyl (C=O) groups excluding carboxylic acids is 1. The van der Waals surface area contributed by atoms with Crippen LogP contribution < -0.4 is 5.73 Å². The highest BCUT2D eigenvalue weighted by molar-refractivity contribution is 5.76. The summed E-state index contributed by atoms with van der Waals surface area (Å²) in [5.41, 5.74) is 8.79. The number of aryl methyl sites for hydroxylation is 3. The summed E-state index contributed by atoms with van der Waals surface area (Å²) in [5.74, 6) is 0.622. The molecule has 0 spiro atoms. The number of nitrogens with zero attached hydrogens (tertiary/aromatic N) is 4. The first kappa shape index (κ1) is 17.4. The van der Waals surface area contributed by atoms with E-state index >= 15 is 0 Å². The topological polar surface area (TPSA) is 86.3 Å². The van der Waals surface area contributed by atoms with E-state index in [4.69, 9.17) is 10.5 Å². The van der Waals surface area contributed by atoms with E-state index in [-0.39, 0.29) is 18.6 Å². The first-order valence-corrected chi connectivity index (χ1v) is 8.62. The van der Waals surface area contributed by atoms with Crippen LogP contribution in [-0.4, -0.2) is 51.4 Å². The summed E-state index contributed by atoms with van der Waals surface area (Å²) in [7, 11) is 0. The third-order valence-electron chi connectivity index (χ3n) is 4.48. The van der Waals surface area contributed by atoms with E-state index in [1.807, 2.05) is 36.9 Å². The molecule has 1 fully saturated rings. The van der Waals surface area contributed by atoms with Crippen LogP contribution in [0.1, 0.15) is 23.4 Å². The van der Waals surface area contributed by atoms with Crippen molar-refractivity contribution in [3.8, 4) is 0 Å². The first-order chi connectivity index (χ1) is 12.0. The lowest BCUT2D eigenvalue weighted by molar-refractivity contribution is -0.139. The highest BCUT2D eigenvalue weighted by atomic mass is 16.5. The van der Waals surface area contributed by atoms with Crippen molar-refractivity contribution in [3.05, 3.63) is 41.3 Å². The lowest BCUT2D eigenvalue weighted by atomic mass is 10.1. The van der Waals surface area contributed by atoms with Crippen molar-refractivity contribution >= 4 is 11.7 Å². The Morgan fingerprint density at radius 3 is 2.96 bits per heavy atom. The number of morpholine rings is 1. The van der Waals surface area contributed by atoms with E-state index in [1.54, 1.807) is 10.9 Å². The second kappa shape index (κ2) is 7.65. The Hall–Kier alpha value is -2.41. The van der Waals surface area contributed by atoms with Crippen molar-refractivity contribution in [2.45, 2.75) is 39.3 Å². The molecule has 1 aliphatic rings. The maximum Gasteiger partial charge on any atom is 0.244 e. The molecule has 0 bridgehead atoms. The monoisotopic (exact) mass is 343 g/mol. The molecule has 3 heterocycles. The molecule has 25 heavy (non-hydrogen) atoms. The van der Waals surface area contributed by atoms with Gasteiger partial charge in [-0.15, -0.1) is 0 Å². The van der Waals surface area contributed by atoms with Gasteiger partial charge in [0.05, 0.1) is 18.4 Å². The van der Waals surface area contributed by atoms with E-state index in [0.29, 0.717) is 25.5 Å². The maximum atomic E-state index is 12.6. The van der Waals surface area contributed by atoms with Crippen LogP contribution in [0.4, 0.5) is 5.82 Å². The normalized spacial score (nSPS) is 17.7. The third kappa shape index (κ3) is 4.57. The molecule has 1 atom stereocenters. The number of aromatic nitrogens is 3. The minimum absolute atomic E-state index is 0.0487. The van der Waals surface area contributed by atoms with Gasteiger partial charge in [0.25, 0.3) is 0 Å². The molecule has 2 N–H and O–H groups in total. The van der Waals surface area contributed by atoms with E-state index in [1.165, 1.54) is 0 Å². The Morgan fingerprint density at radius 2 is 2.24 bits per heavy atom. The molecule has 134 valence electrons. The lowest BCUT2D eigenvalue weighted by Crippen LogP contribution is -2.47. The first-order valence-electron chi connectivity index (χ1n) is 8.62. The van der Waals surface area contributed by atoms with Gasteiger partial charge in [0.15, 0.2) is 0 Å². The van der Waals surface area contributed by atoms with Crippen molar-refractivity contribution in [3.63, 3.8) is 0 Å². The molecule has 0 unspecified atom stereocenters. The summed E-state index contributed by atoms with van der Waals surface area (Å²) < 4.78 is 7.59. The van der Waals surface area contributed by atoms with Gasteiger partial charge in [0, 0.05) is 25.0 Å². The van der Waals surface area contributed by atoms with Crippen molar-refractivity contribution in [2.75, 3.05) is 25.4 Å². The SMILES string of the molecule is Cc1cc(C)n(CC(=O)N2CCO[C@@H](CCc3ccnc(N)c3)C2)n1. The smallest absolute Gasteiger partial charge is 0.244 e. The van der Waals surface area contributed by atoms with Crippen LogP contribution in [0.25, 0.3) is 0 Å². The predicted molar refractivity (Wildman–Crippen MR) is 95.0 cm³/mol. The number of amides is 1. The average Bonchev–Trinajstić information content (AvgIpc) is 2.90. The molecule has 1 amide bonds. The van der Waals surface area contributed by atoms with Crippen LogP contribution >= 0.6 is 0 Å². The molecule has 0 radical (unpaired) electrons. The molecule has 1 saturated heterocycles. The van der Waals surface area contributed by atoms with E-state index in [2.05, 4.69) is 10.1 Å². The van der Waals surface area contributed by atoms with Gasteiger partial charge in [-0.05, 0) is 50.5 Å². The number of carbonyl (C=O) groups is 1.